The zero-order chi connectivity index (χ0) is 19.3. The van der Waals surface area contributed by atoms with Crippen LogP contribution in [0.4, 0.5) is 11.6 Å². The maximum atomic E-state index is 13.1. The Labute approximate surface area is 155 Å². The molecule has 2 aromatic rings. The van der Waals surface area contributed by atoms with E-state index in [1.807, 2.05) is 4.90 Å². The average molecular weight is 388 g/mol. The van der Waals surface area contributed by atoms with Crippen LogP contribution in [-0.2, 0) is 10.0 Å². The lowest BCUT2D eigenvalue weighted by atomic mass is 10.1. The first-order chi connectivity index (χ1) is 12.8. The molecule has 2 aromatic heterocycles. The van der Waals surface area contributed by atoms with E-state index in [1.165, 1.54) is 23.2 Å². The van der Waals surface area contributed by atoms with E-state index in [1.54, 1.807) is 20.3 Å². The van der Waals surface area contributed by atoms with Gasteiger partial charge in [-0.05, 0) is 19.1 Å². The van der Waals surface area contributed by atoms with Crippen molar-refractivity contribution in [2.75, 3.05) is 25.0 Å². The number of aliphatic imine (C=N–C) groups is 2. The summed E-state index contributed by atoms with van der Waals surface area (Å²) in [5, 5.41) is 4.78. The highest BCUT2D eigenvalue weighted by Crippen LogP contribution is 2.35. The van der Waals surface area contributed by atoms with Crippen molar-refractivity contribution < 1.29 is 17.6 Å². The minimum absolute atomic E-state index is 0.269. The van der Waals surface area contributed by atoms with Crippen LogP contribution in [0.1, 0.15) is 21.7 Å². The van der Waals surface area contributed by atoms with Crippen LogP contribution < -0.4 is 10.0 Å². The molecule has 0 atom stereocenters. The third-order valence-corrected chi connectivity index (χ3v) is 5.22. The van der Waals surface area contributed by atoms with Crippen molar-refractivity contribution in [3.63, 3.8) is 0 Å². The Balaban J connectivity index is 1.72. The molecule has 0 unspecified atom stereocenters. The van der Waals surface area contributed by atoms with Crippen molar-refractivity contribution in [1.29, 1.82) is 0 Å². The number of anilines is 1. The molecule has 10 nitrogen and oxygen atoms in total. The van der Waals surface area contributed by atoms with Gasteiger partial charge in [0.1, 0.15) is 17.9 Å². The number of fused-ring (bicyclic) bond motifs is 3. The summed E-state index contributed by atoms with van der Waals surface area (Å²) in [6, 6.07) is 2.71. The van der Waals surface area contributed by atoms with Crippen molar-refractivity contribution in [3.05, 3.63) is 35.2 Å². The summed E-state index contributed by atoms with van der Waals surface area (Å²) in [6.07, 6.45) is 2.92. The second kappa shape index (κ2) is 5.99. The molecule has 4 rings (SSSR count). The number of nitrogens with two attached hydrogens (primary N) is 1. The lowest BCUT2D eigenvalue weighted by molar-refractivity contribution is 0.0991. The van der Waals surface area contributed by atoms with E-state index in [-0.39, 0.29) is 10.9 Å². The van der Waals surface area contributed by atoms with Gasteiger partial charge in [0.2, 0.25) is 5.88 Å². The zero-order valence-corrected chi connectivity index (χ0v) is 15.4. The molecule has 0 spiro atoms. The Hall–Kier alpha value is -3.05. The third-order valence-electron chi connectivity index (χ3n) is 4.40. The number of amides is 1. The van der Waals surface area contributed by atoms with Crippen LogP contribution in [0, 0.1) is 6.92 Å². The van der Waals surface area contributed by atoms with Gasteiger partial charge in [-0.2, -0.15) is 0 Å². The van der Waals surface area contributed by atoms with Gasteiger partial charge in [0.05, 0.1) is 29.6 Å². The van der Waals surface area contributed by atoms with Gasteiger partial charge in [0.15, 0.2) is 5.03 Å². The fourth-order valence-corrected chi connectivity index (χ4v) is 3.48. The number of amidine groups is 1. The minimum atomic E-state index is -3.90. The second-order valence-electron chi connectivity index (χ2n) is 6.12. The molecule has 0 aliphatic carbocycles. The molecule has 0 saturated heterocycles. The molecule has 0 aromatic carbocycles. The Morgan fingerprint density at radius 2 is 2.15 bits per heavy atom. The Bertz CT molecular complexity index is 1100. The molecule has 4 heterocycles. The molecule has 2 N–H and O–H groups in total. The summed E-state index contributed by atoms with van der Waals surface area (Å²) < 4.78 is 28.3. The summed E-state index contributed by atoms with van der Waals surface area (Å²) in [5.41, 5.74) is 1.34. The van der Waals surface area contributed by atoms with Gasteiger partial charge in [0, 0.05) is 13.6 Å². The zero-order valence-electron chi connectivity index (χ0n) is 14.6. The first kappa shape index (κ1) is 17.4. The molecule has 140 valence electrons. The second-order valence-corrected chi connectivity index (χ2v) is 7.63. The Morgan fingerprint density at radius 1 is 1.37 bits per heavy atom. The summed E-state index contributed by atoms with van der Waals surface area (Å²) in [4.78, 5) is 28.9. The predicted octanol–water partition coefficient (Wildman–Crippen LogP) is 0.643. The number of sulfonamides is 1. The maximum absolute atomic E-state index is 13.1. The third kappa shape index (κ3) is 2.80. The fraction of sp³-hybridized carbons (Fsp3) is 0.250. The number of carbonyl (C=O) groups excluding carboxylic acids is 1. The highest BCUT2D eigenvalue weighted by atomic mass is 32.2. The molecule has 0 radical (unpaired) electrons. The van der Waals surface area contributed by atoms with E-state index in [0.717, 1.165) is 0 Å². The highest BCUT2D eigenvalue weighted by molar-refractivity contribution is 7.89. The summed E-state index contributed by atoms with van der Waals surface area (Å²) in [5.74, 6) is 1.11. The molecule has 0 saturated carbocycles. The van der Waals surface area contributed by atoms with E-state index in [2.05, 4.69) is 15.0 Å². The van der Waals surface area contributed by atoms with Crippen LogP contribution in [0.2, 0.25) is 0 Å². The van der Waals surface area contributed by atoms with Gasteiger partial charge < -0.3 is 14.2 Å². The highest BCUT2D eigenvalue weighted by Gasteiger charge is 2.34. The van der Waals surface area contributed by atoms with Gasteiger partial charge in [-0.3, -0.25) is 9.79 Å². The minimum Gasteiger partial charge on any atom is -0.442 e. The van der Waals surface area contributed by atoms with E-state index in [9.17, 15) is 13.2 Å². The summed E-state index contributed by atoms with van der Waals surface area (Å²) >= 11 is 0. The number of nitrogens with zero attached hydrogens (tertiary/aromatic N) is 5. The first-order valence-corrected chi connectivity index (χ1v) is 9.58. The Kier molecular flexibility index (Phi) is 3.86. The summed E-state index contributed by atoms with van der Waals surface area (Å²) in [7, 11) is -2.34. The van der Waals surface area contributed by atoms with Gasteiger partial charge in [0.25, 0.3) is 15.9 Å². The number of hydrogen-bond acceptors (Lipinski definition) is 8. The molecule has 1 amide bonds. The molecule has 2 aliphatic heterocycles. The number of aryl methyl sites for hydroxylation is 1. The van der Waals surface area contributed by atoms with Crippen LogP contribution in [-0.4, -0.2) is 56.5 Å². The van der Waals surface area contributed by atoms with Crippen molar-refractivity contribution in [2.24, 2.45) is 15.1 Å². The fourth-order valence-electron chi connectivity index (χ4n) is 3.03. The van der Waals surface area contributed by atoms with Crippen LogP contribution in [0.5, 0.6) is 0 Å². The maximum Gasteiger partial charge on any atom is 0.262 e. The average Bonchev–Trinajstić information content (AvgIpc) is 3.22. The van der Waals surface area contributed by atoms with E-state index < -0.39 is 10.0 Å². The van der Waals surface area contributed by atoms with E-state index >= 15 is 0 Å². The number of furan rings is 1. The molecule has 0 fully saturated rings. The van der Waals surface area contributed by atoms with Crippen molar-refractivity contribution in [1.82, 2.24) is 9.88 Å². The van der Waals surface area contributed by atoms with Gasteiger partial charge in [-0.1, -0.05) is 0 Å². The molecular weight excluding hydrogens is 372 g/mol. The lowest BCUT2D eigenvalue weighted by Gasteiger charge is -2.21. The largest absolute Gasteiger partial charge is 0.442 e. The molecule has 0 bridgehead atoms. The van der Waals surface area contributed by atoms with Crippen molar-refractivity contribution in [3.8, 4) is 0 Å². The molecule has 27 heavy (non-hydrogen) atoms. The van der Waals surface area contributed by atoms with Gasteiger partial charge >= 0.3 is 0 Å². The first-order valence-electron chi connectivity index (χ1n) is 8.03. The van der Waals surface area contributed by atoms with Crippen LogP contribution in [0.3, 0.4) is 0 Å². The quantitative estimate of drug-likeness (QED) is 0.820. The predicted molar refractivity (Wildman–Crippen MR) is 98.1 cm³/mol. The number of hydrogen-bond donors (Lipinski definition) is 1. The SMILES string of the molecule is Cc1oc2c(c1C(=O)N(C)c1ccc(S(N)(=O)=O)nc1)C1=NCCN1C=N2. The number of carbonyl (C=O) groups is 1. The smallest absolute Gasteiger partial charge is 0.262 e. The van der Waals surface area contributed by atoms with Crippen LogP contribution in [0.15, 0.2) is 37.8 Å². The molecule has 2 aliphatic rings. The van der Waals surface area contributed by atoms with Crippen LogP contribution in [0.25, 0.3) is 0 Å². The van der Waals surface area contributed by atoms with E-state index in [0.29, 0.717) is 47.4 Å². The summed E-state index contributed by atoms with van der Waals surface area (Å²) in [6.45, 7) is 3.01. The monoisotopic (exact) mass is 388 g/mol. The molecule has 11 heteroatoms. The Morgan fingerprint density at radius 3 is 2.81 bits per heavy atom. The van der Waals surface area contributed by atoms with Crippen molar-refractivity contribution in [2.45, 2.75) is 11.9 Å². The van der Waals surface area contributed by atoms with Crippen molar-refractivity contribution >= 4 is 39.7 Å². The number of rotatable bonds is 3. The standard InChI is InChI=1S/C16H16N6O4S/c1-9-12(13-14-18-5-6-22(14)8-20-15(13)26-9)16(23)21(2)10-3-4-11(19-7-10)27(17,24)25/h3-4,7-8H,5-6H2,1-2H3,(H2,17,24,25). The number of pyridine rings is 1. The lowest BCUT2D eigenvalue weighted by Crippen LogP contribution is -2.33. The number of primary sulfonamides is 1. The normalized spacial score (nSPS) is 15.4. The number of aromatic nitrogens is 1. The van der Waals surface area contributed by atoms with E-state index in [4.69, 9.17) is 9.56 Å². The molecular formula is C16H16N6O4S. The van der Waals surface area contributed by atoms with Gasteiger partial charge in [-0.25, -0.2) is 23.5 Å². The van der Waals surface area contributed by atoms with Gasteiger partial charge in [-0.15, -0.1) is 0 Å². The van der Waals surface area contributed by atoms with Crippen LogP contribution >= 0.6 is 0 Å². The topological polar surface area (TPSA) is 134 Å².